The van der Waals surface area contributed by atoms with Gasteiger partial charge >= 0.3 is 5.97 Å². The van der Waals surface area contributed by atoms with Crippen LogP contribution in [0.3, 0.4) is 0 Å². The summed E-state index contributed by atoms with van der Waals surface area (Å²) in [4.78, 5) is 46.9. The normalized spacial score (nSPS) is 11.2. The first-order valence-corrected chi connectivity index (χ1v) is 17.0. The van der Waals surface area contributed by atoms with Crippen LogP contribution in [0.2, 0.25) is 0 Å². The second-order valence-electron chi connectivity index (χ2n) is 12.6. The van der Waals surface area contributed by atoms with Gasteiger partial charge in [0.15, 0.2) is 5.43 Å². The number of likely N-dealkylation sites (N-methyl/N-ethyl adjacent to an activating group) is 1. The van der Waals surface area contributed by atoms with Gasteiger partial charge in [-0.25, -0.2) is 9.78 Å². The molecule has 0 atom stereocenters. The third-order valence-corrected chi connectivity index (χ3v) is 8.97. The van der Waals surface area contributed by atoms with Gasteiger partial charge in [0.25, 0.3) is 5.91 Å². The highest BCUT2D eigenvalue weighted by Crippen LogP contribution is 2.42. The first-order valence-electron chi connectivity index (χ1n) is 17.0. The smallest absolute Gasteiger partial charge is 0.336 e. The maximum absolute atomic E-state index is 13.2. The van der Waals surface area contributed by atoms with Crippen molar-refractivity contribution >= 4 is 28.7 Å². The molecule has 0 spiro atoms. The number of hydrogen-bond donors (Lipinski definition) is 3. The van der Waals surface area contributed by atoms with E-state index in [2.05, 4.69) is 39.3 Å². The number of phenolic OH excluding ortho intramolecular Hbond substituents is 1. The van der Waals surface area contributed by atoms with Gasteiger partial charge in [-0.2, -0.15) is 0 Å². The average molecular weight is 701 g/mol. The largest absolute Gasteiger partial charge is 0.508 e. The van der Waals surface area contributed by atoms with Crippen LogP contribution in [0.4, 0.5) is 5.82 Å². The van der Waals surface area contributed by atoms with Crippen LogP contribution in [0, 0.1) is 0 Å². The first-order chi connectivity index (χ1) is 25.2. The van der Waals surface area contributed by atoms with E-state index in [1.54, 1.807) is 37.6 Å². The fraction of sp³-hybridized carbons (Fsp3) is 0.220. The molecule has 0 unspecified atom stereocenters. The number of aromatic hydroxyl groups is 1. The number of methoxy groups -OCH3 is 1. The van der Waals surface area contributed by atoms with Crippen LogP contribution in [0.15, 0.2) is 112 Å². The fourth-order valence-corrected chi connectivity index (χ4v) is 6.21. The van der Waals surface area contributed by atoms with Crippen molar-refractivity contribution in [3.8, 4) is 33.9 Å². The number of carboxylic acid groups (broad SMARTS) is 1. The zero-order valence-electron chi connectivity index (χ0n) is 29.0. The predicted octanol–water partition coefficient (Wildman–Crippen LogP) is 6.52. The highest BCUT2D eigenvalue weighted by molar-refractivity contribution is 6.09. The van der Waals surface area contributed by atoms with Crippen molar-refractivity contribution in [3.05, 3.63) is 130 Å². The van der Waals surface area contributed by atoms with Crippen LogP contribution in [-0.2, 0) is 6.54 Å². The Hall–Kier alpha value is -6.20. The number of benzene rings is 4. The molecule has 0 bridgehead atoms. The lowest BCUT2D eigenvalue weighted by molar-refractivity contribution is 0.0697. The Kier molecular flexibility index (Phi) is 11.1. The van der Waals surface area contributed by atoms with Gasteiger partial charge in [-0.3, -0.25) is 9.59 Å². The van der Waals surface area contributed by atoms with Gasteiger partial charge in [-0.1, -0.05) is 24.3 Å². The first kappa shape index (κ1) is 35.6. The summed E-state index contributed by atoms with van der Waals surface area (Å²) < 4.78 is 11.2. The van der Waals surface area contributed by atoms with E-state index in [1.807, 2.05) is 30.3 Å². The molecule has 2 heterocycles. The molecule has 4 aromatic rings. The van der Waals surface area contributed by atoms with Crippen molar-refractivity contribution in [2.75, 3.05) is 45.2 Å². The van der Waals surface area contributed by atoms with E-state index in [-0.39, 0.29) is 39.6 Å². The summed E-state index contributed by atoms with van der Waals surface area (Å²) >= 11 is 0. The summed E-state index contributed by atoms with van der Waals surface area (Å²) in [5, 5.41) is 23.8. The molecule has 3 N–H and O–H groups in total. The van der Waals surface area contributed by atoms with Gasteiger partial charge in [0.05, 0.1) is 12.7 Å². The molecular formula is C41H40N4O7. The van der Waals surface area contributed by atoms with Gasteiger partial charge in [0, 0.05) is 66.6 Å². The Balaban J connectivity index is 1.06. The Morgan fingerprint density at radius 1 is 0.885 bits per heavy atom. The van der Waals surface area contributed by atoms with Gasteiger partial charge in [0.1, 0.15) is 28.7 Å². The number of carbonyl (C=O) groups is 2. The van der Waals surface area contributed by atoms with Crippen molar-refractivity contribution in [2.24, 2.45) is 0 Å². The van der Waals surface area contributed by atoms with E-state index in [9.17, 15) is 24.6 Å². The molecule has 11 heteroatoms. The number of aromatic carboxylic acids is 1. The van der Waals surface area contributed by atoms with Gasteiger partial charge in [-0.05, 0) is 98.2 Å². The van der Waals surface area contributed by atoms with Crippen molar-refractivity contribution in [2.45, 2.75) is 19.4 Å². The van der Waals surface area contributed by atoms with Crippen LogP contribution in [0.25, 0.3) is 33.4 Å². The standard InChI is InChI=1S/C41H40N4O7/c1-44(21-22-45(38-7-3-4-18-42-38)26-27-8-13-31(51-2)14-9-27)20-6-5-19-43-40(48)28-10-15-32(35(23-28)41(49)50)39-33-16-11-29(46)24-36(33)52-37-25-30(47)12-17-34(37)39/h3-4,7-18,23-25,46H,5-6,19-22,26H2,1-2H3,(H,43,48)(H,49,50). The molecule has 2 aliphatic rings. The monoisotopic (exact) mass is 700 g/mol. The number of nitrogens with one attached hydrogen (secondary N) is 1. The molecule has 266 valence electrons. The van der Waals surface area contributed by atoms with Crippen LogP contribution in [0.5, 0.6) is 11.5 Å². The number of carbonyl (C=O) groups excluding carboxylic acids is 1. The lowest BCUT2D eigenvalue weighted by Gasteiger charge is -2.27. The summed E-state index contributed by atoms with van der Waals surface area (Å²) in [6, 6.07) is 27.3. The van der Waals surface area contributed by atoms with E-state index < -0.39 is 5.97 Å². The number of aromatic nitrogens is 1. The van der Waals surface area contributed by atoms with Crippen LogP contribution in [0.1, 0.15) is 39.1 Å². The Labute approximate surface area is 301 Å². The molecule has 52 heavy (non-hydrogen) atoms. The molecule has 6 rings (SSSR count). The van der Waals surface area contributed by atoms with E-state index >= 15 is 0 Å². The number of pyridine rings is 1. The average Bonchev–Trinajstić information content (AvgIpc) is 3.15. The van der Waals surface area contributed by atoms with Crippen LogP contribution >= 0.6 is 0 Å². The van der Waals surface area contributed by atoms with E-state index in [0.29, 0.717) is 35.2 Å². The third kappa shape index (κ3) is 8.39. The Morgan fingerprint density at radius 2 is 1.69 bits per heavy atom. The molecule has 0 saturated heterocycles. The summed E-state index contributed by atoms with van der Waals surface area (Å²) in [5.74, 6) is 0.366. The fourth-order valence-electron chi connectivity index (χ4n) is 6.21. The number of hydrogen-bond acceptors (Lipinski definition) is 9. The maximum Gasteiger partial charge on any atom is 0.336 e. The maximum atomic E-state index is 13.2. The summed E-state index contributed by atoms with van der Waals surface area (Å²) in [6.07, 6.45) is 3.40. The summed E-state index contributed by atoms with van der Waals surface area (Å²) in [6.45, 7) is 3.59. The van der Waals surface area contributed by atoms with Crippen molar-refractivity contribution in [3.63, 3.8) is 0 Å². The van der Waals surface area contributed by atoms with Gasteiger partial charge in [0.2, 0.25) is 0 Å². The Bertz CT molecular complexity index is 2200. The van der Waals surface area contributed by atoms with E-state index in [0.717, 1.165) is 49.6 Å². The Morgan fingerprint density at radius 3 is 2.44 bits per heavy atom. The second-order valence-corrected chi connectivity index (χ2v) is 12.6. The SMILES string of the molecule is COc1ccc(CN(CCN(C)CCCCNC(=O)c2ccc(-c3c4ccc(=O)cc-4oc4cc(O)ccc34)c(C(=O)O)c2)c2ccccn2)cc1. The number of ether oxygens (including phenoxy) is 1. The number of nitrogens with zero attached hydrogens (tertiary/aromatic N) is 3. The highest BCUT2D eigenvalue weighted by Gasteiger charge is 2.23. The quantitative estimate of drug-likeness (QED) is 0.0800. The minimum absolute atomic E-state index is 0.0371. The molecule has 1 aliphatic carbocycles. The third-order valence-electron chi connectivity index (χ3n) is 8.97. The molecule has 1 aromatic heterocycles. The molecule has 0 radical (unpaired) electrons. The van der Waals surface area contributed by atoms with Crippen molar-refractivity contribution in [1.29, 1.82) is 0 Å². The molecule has 1 amide bonds. The molecular weight excluding hydrogens is 660 g/mol. The number of carboxylic acids is 1. The molecule has 0 saturated carbocycles. The summed E-state index contributed by atoms with van der Waals surface area (Å²) in [5.41, 5.74) is 2.73. The zero-order valence-corrected chi connectivity index (χ0v) is 29.0. The number of amides is 1. The molecule has 1 aliphatic heterocycles. The molecule has 0 fully saturated rings. The number of rotatable bonds is 15. The lowest BCUT2D eigenvalue weighted by atomic mass is 9.90. The van der Waals surface area contributed by atoms with Crippen LogP contribution in [-0.4, -0.2) is 72.3 Å². The minimum atomic E-state index is -1.21. The number of anilines is 1. The highest BCUT2D eigenvalue weighted by atomic mass is 16.5. The lowest BCUT2D eigenvalue weighted by Crippen LogP contribution is -2.34. The number of unbranched alkanes of at least 4 members (excludes halogenated alkanes) is 1. The minimum Gasteiger partial charge on any atom is -0.508 e. The zero-order chi connectivity index (χ0) is 36.6. The number of fused-ring (bicyclic) bond motifs is 2. The van der Waals surface area contributed by atoms with Crippen molar-refractivity contribution in [1.82, 2.24) is 15.2 Å². The van der Waals surface area contributed by atoms with E-state index in [4.69, 9.17) is 9.15 Å². The van der Waals surface area contributed by atoms with Gasteiger partial charge in [-0.15, -0.1) is 0 Å². The van der Waals surface area contributed by atoms with Crippen LogP contribution < -0.4 is 20.4 Å². The van der Waals surface area contributed by atoms with Crippen molar-refractivity contribution < 1.29 is 29.0 Å². The molecule has 3 aromatic carbocycles. The second kappa shape index (κ2) is 16.2. The number of phenols is 1. The molecule has 11 nitrogen and oxygen atoms in total. The van der Waals surface area contributed by atoms with E-state index in [1.165, 1.54) is 30.3 Å². The summed E-state index contributed by atoms with van der Waals surface area (Å²) in [7, 11) is 3.73. The predicted molar refractivity (Wildman–Crippen MR) is 201 cm³/mol. The topological polar surface area (TPSA) is 145 Å². The van der Waals surface area contributed by atoms with Gasteiger partial charge < -0.3 is 34.5 Å².